The van der Waals surface area contributed by atoms with Crippen LogP contribution in [-0.2, 0) is 0 Å². The molecule has 0 aliphatic heterocycles. The summed E-state index contributed by atoms with van der Waals surface area (Å²) in [5.41, 5.74) is 17.9. The fourth-order valence-corrected chi connectivity index (χ4v) is 5.64. The van der Waals surface area contributed by atoms with Gasteiger partial charge in [-0.1, -0.05) is 48.0 Å². The summed E-state index contributed by atoms with van der Waals surface area (Å²) in [7, 11) is 0. The minimum atomic E-state index is 0.352. The lowest BCUT2D eigenvalue weighted by atomic mass is 9.86. The van der Waals surface area contributed by atoms with Gasteiger partial charge in [0.1, 0.15) is 17.8 Å². The lowest BCUT2D eigenvalue weighted by Crippen LogP contribution is -2.23. The zero-order chi connectivity index (χ0) is 23.9. The average Bonchev–Trinajstić information content (AvgIpc) is 3.29. The molecule has 1 aliphatic rings. The van der Waals surface area contributed by atoms with Crippen molar-refractivity contribution in [2.45, 2.75) is 31.7 Å². The van der Waals surface area contributed by atoms with Crippen LogP contribution in [0.3, 0.4) is 0 Å². The third-order valence-corrected chi connectivity index (χ3v) is 7.63. The number of anilines is 1. The number of rotatable bonds is 4. The molecule has 3 heterocycles. The number of aromatic nitrogens is 4. The SMILES string of the molecule is NCC1CCC(n2cc(-c3cc4nc(-c5ccccc5)ccc4cc3Cl)c3c(N)ncnc32)CC1. The van der Waals surface area contributed by atoms with Gasteiger partial charge in [-0.3, -0.25) is 0 Å². The normalized spacial score (nSPS) is 18.3. The topological polar surface area (TPSA) is 95.6 Å². The van der Waals surface area contributed by atoms with E-state index in [9.17, 15) is 0 Å². The summed E-state index contributed by atoms with van der Waals surface area (Å²) in [5.74, 6) is 1.06. The van der Waals surface area contributed by atoms with Crippen molar-refractivity contribution in [1.82, 2.24) is 19.5 Å². The Hall–Kier alpha value is -3.48. The van der Waals surface area contributed by atoms with Gasteiger partial charge < -0.3 is 16.0 Å². The van der Waals surface area contributed by atoms with E-state index in [2.05, 4.69) is 45.0 Å². The first kappa shape index (κ1) is 22.0. The standard InChI is InChI=1S/C28H27ClN6/c29-23-12-19-8-11-24(18-4-2-1-3-5-18)34-25(19)13-21(23)22-15-35(20-9-6-17(14-30)7-10-20)28-26(22)27(31)32-16-33-28/h1-5,8,11-13,15-17,20H,6-7,9-10,14,30H2,(H2,31,32,33). The molecule has 0 atom stereocenters. The van der Waals surface area contributed by atoms with Crippen LogP contribution in [0.15, 0.2) is 67.1 Å². The van der Waals surface area contributed by atoms with E-state index in [1.807, 2.05) is 30.3 Å². The number of benzene rings is 2. The van der Waals surface area contributed by atoms with Gasteiger partial charge in [0.05, 0.1) is 16.6 Å². The fraction of sp³-hybridized carbons (Fsp3) is 0.250. The third kappa shape index (κ3) is 3.93. The van der Waals surface area contributed by atoms with Crippen LogP contribution in [0.2, 0.25) is 5.02 Å². The largest absolute Gasteiger partial charge is 0.383 e. The molecule has 2 aromatic carbocycles. The second-order valence-corrected chi connectivity index (χ2v) is 9.81. The number of fused-ring (bicyclic) bond motifs is 2. The van der Waals surface area contributed by atoms with Crippen LogP contribution in [0, 0.1) is 5.92 Å². The second kappa shape index (κ2) is 8.95. The van der Waals surface area contributed by atoms with E-state index in [-0.39, 0.29) is 0 Å². The predicted molar refractivity (Wildman–Crippen MR) is 143 cm³/mol. The summed E-state index contributed by atoms with van der Waals surface area (Å²) < 4.78 is 2.27. The Balaban J connectivity index is 1.50. The molecule has 0 spiro atoms. The van der Waals surface area contributed by atoms with Crippen molar-refractivity contribution >= 4 is 39.4 Å². The molecule has 7 heteroatoms. The number of hydrogen-bond acceptors (Lipinski definition) is 5. The van der Waals surface area contributed by atoms with Crippen LogP contribution >= 0.6 is 11.6 Å². The Bertz CT molecular complexity index is 1520. The van der Waals surface area contributed by atoms with Crippen molar-refractivity contribution in [2.24, 2.45) is 11.7 Å². The molecule has 0 bridgehead atoms. The van der Waals surface area contributed by atoms with Crippen LogP contribution in [0.5, 0.6) is 0 Å². The molecule has 0 unspecified atom stereocenters. The van der Waals surface area contributed by atoms with Gasteiger partial charge >= 0.3 is 0 Å². The van der Waals surface area contributed by atoms with Gasteiger partial charge in [-0.25, -0.2) is 15.0 Å². The average molecular weight is 483 g/mol. The molecule has 0 radical (unpaired) electrons. The number of nitrogens with zero attached hydrogens (tertiary/aromatic N) is 4. The molecule has 3 aromatic heterocycles. The summed E-state index contributed by atoms with van der Waals surface area (Å²) in [6, 6.07) is 18.7. The van der Waals surface area contributed by atoms with Crippen molar-refractivity contribution in [3.8, 4) is 22.4 Å². The van der Waals surface area contributed by atoms with Gasteiger partial charge in [-0.2, -0.15) is 0 Å². The van der Waals surface area contributed by atoms with Crippen molar-refractivity contribution in [3.63, 3.8) is 0 Å². The van der Waals surface area contributed by atoms with Crippen molar-refractivity contribution < 1.29 is 0 Å². The molecule has 5 aromatic rings. The lowest BCUT2D eigenvalue weighted by Gasteiger charge is -2.29. The first-order chi connectivity index (χ1) is 17.1. The minimum Gasteiger partial charge on any atom is -0.383 e. The quantitative estimate of drug-likeness (QED) is 0.316. The smallest absolute Gasteiger partial charge is 0.146 e. The van der Waals surface area contributed by atoms with E-state index in [1.54, 1.807) is 6.33 Å². The van der Waals surface area contributed by atoms with E-state index in [0.29, 0.717) is 22.8 Å². The Morgan fingerprint density at radius 1 is 0.943 bits per heavy atom. The Labute approximate surface area is 209 Å². The van der Waals surface area contributed by atoms with Crippen LogP contribution < -0.4 is 11.5 Å². The molecule has 4 N–H and O–H groups in total. The molecule has 35 heavy (non-hydrogen) atoms. The summed E-state index contributed by atoms with van der Waals surface area (Å²) in [5, 5.41) is 2.49. The molecule has 1 fully saturated rings. The van der Waals surface area contributed by atoms with Crippen LogP contribution in [0.25, 0.3) is 44.3 Å². The highest BCUT2D eigenvalue weighted by atomic mass is 35.5. The van der Waals surface area contributed by atoms with Gasteiger partial charge in [-0.15, -0.1) is 0 Å². The molecule has 6 nitrogen and oxygen atoms in total. The number of hydrogen-bond donors (Lipinski definition) is 2. The summed E-state index contributed by atoms with van der Waals surface area (Å²) >= 11 is 6.85. The van der Waals surface area contributed by atoms with Crippen molar-refractivity contribution in [2.75, 3.05) is 12.3 Å². The maximum absolute atomic E-state index is 6.85. The van der Waals surface area contributed by atoms with E-state index in [1.165, 1.54) is 0 Å². The van der Waals surface area contributed by atoms with E-state index in [4.69, 9.17) is 28.1 Å². The summed E-state index contributed by atoms with van der Waals surface area (Å²) in [6.07, 6.45) is 8.08. The molecule has 6 rings (SSSR count). The van der Waals surface area contributed by atoms with E-state index >= 15 is 0 Å². The minimum absolute atomic E-state index is 0.352. The highest BCUT2D eigenvalue weighted by molar-refractivity contribution is 6.34. The van der Waals surface area contributed by atoms with Gasteiger partial charge in [0.25, 0.3) is 0 Å². The van der Waals surface area contributed by atoms with Crippen LogP contribution in [-0.4, -0.2) is 26.1 Å². The molecule has 1 saturated carbocycles. The van der Waals surface area contributed by atoms with E-state index < -0.39 is 0 Å². The van der Waals surface area contributed by atoms with Gasteiger partial charge in [0.2, 0.25) is 0 Å². The molecular formula is C28H27ClN6. The first-order valence-electron chi connectivity index (χ1n) is 12.1. The molecule has 1 aliphatic carbocycles. The van der Waals surface area contributed by atoms with Gasteiger partial charge in [0, 0.05) is 39.3 Å². The number of nitrogens with two attached hydrogens (primary N) is 2. The third-order valence-electron chi connectivity index (χ3n) is 7.32. The number of pyridine rings is 1. The van der Waals surface area contributed by atoms with Crippen molar-refractivity contribution in [1.29, 1.82) is 0 Å². The highest BCUT2D eigenvalue weighted by Gasteiger charge is 2.26. The summed E-state index contributed by atoms with van der Waals surface area (Å²) in [4.78, 5) is 13.9. The zero-order valence-corrected chi connectivity index (χ0v) is 20.1. The van der Waals surface area contributed by atoms with E-state index in [0.717, 1.165) is 76.5 Å². The highest BCUT2D eigenvalue weighted by Crippen LogP contribution is 2.42. The second-order valence-electron chi connectivity index (χ2n) is 9.41. The Kier molecular flexibility index (Phi) is 5.63. The molecule has 0 amide bonds. The first-order valence-corrected chi connectivity index (χ1v) is 12.5. The monoisotopic (exact) mass is 482 g/mol. The zero-order valence-electron chi connectivity index (χ0n) is 19.4. The number of halogens is 1. The van der Waals surface area contributed by atoms with Gasteiger partial charge in [-0.05, 0) is 56.3 Å². The van der Waals surface area contributed by atoms with Crippen molar-refractivity contribution in [3.05, 3.63) is 72.1 Å². The predicted octanol–water partition coefficient (Wildman–Crippen LogP) is 6.24. The van der Waals surface area contributed by atoms with Gasteiger partial charge in [0.15, 0.2) is 0 Å². The summed E-state index contributed by atoms with van der Waals surface area (Å²) in [6.45, 7) is 0.754. The molecular weight excluding hydrogens is 456 g/mol. The maximum atomic E-state index is 6.85. The number of nitrogen functional groups attached to an aromatic ring is 1. The lowest BCUT2D eigenvalue weighted by molar-refractivity contribution is 0.283. The Morgan fingerprint density at radius 2 is 1.74 bits per heavy atom. The molecule has 0 saturated heterocycles. The van der Waals surface area contributed by atoms with Crippen LogP contribution in [0.4, 0.5) is 5.82 Å². The molecule has 176 valence electrons. The Morgan fingerprint density at radius 3 is 2.51 bits per heavy atom. The fourth-order valence-electron chi connectivity index (χ4n) is 5.37. The van der Waals surface area contributed by atoms with Crippen LogP contribution in [0.1, 0.15) is 31.7 Å². The maximum Gasteiger partial charge on any atom is 0.146 e.